The molecule has 21 nitrogen and oxygen atoms in total. The Labute approximate surface area is 424 Å². The average molecular weight is 1030 g/mol. The lowest BCUT2D eigenvalue weighted by atomic mass is 9.90. The Morgan fingerprint density at radius 3 is 1.50 bits per heavy atom. The SMILES string of the molecule is CC(C)(C)c1nc(C(=O)Cl)no1.Cc1c([C@@H](C)CC(=O)c2noc(C(C)(C)C)n2)ccc(-c2ncnc(Nc3ccn(C)n3)n2)c1F.Cc1c([C@@H](C)N)ccc(-c2ncnc(Nc3ccn(C)n3)n2)c1F.Cl. The van der Waals surface area contributed by atoms with Crippen LogP contribution in [0.5, 0.6) is 0 Å². The summed E-state index contributed by atoms with van der Waals surface area (Å²) in [5.41, 5.74) is 8.19. The van der Waals surface area contributed by atoms with Gasteiger partial charge in [0, 0.05) is 61.9 Å². The first-order valence-corrected chi connectivity index (χ1v) is 22.4. The standard InChI is InChI=1S/C24H27FN8O2.C16H18FN7.C7H9ClN2O2.ClH/c1-13(11-17(34)21-29-22(35-32-21)24(3,4)5)15-7-8-16(19(25)14(15)2)20-26-12-27-23(30-20)28-18-9-10-33(6)31-18;1-9-11(10(2)18)4-5-12(14(9)17)15-19-8-20-16(22-15)21-13-6-7-24(3)23-13;1-7(2,3)6-9-5(4(8)11)10-12-6;/h7-10,12-13H,11H2,1-6H3,(H,26,27,28,30,31);4-8,10H,18H2,1-3H3,(H,19,20,21,22,23);1-3H3;1H/t13-;10-;;/m01../s1. The van der Waals surface area contributed by atoms with E-state index in [1.165, 1.54) is 12.7 Å². The fourth-order valence-electron chi connectivity index (χ4n) is 6.67. The highest BCUT2D eigenvalue weighted by Crippen LogP contribution is 2.32. The quantitative estimate of drug-likeness (QED) is 0.0759. The third kappa shape index (κ3) is 13.9. The Morgan fingerprint density at radius 1 is 0.681 bits per heavy atom. The second-order valence-electron chi connectivity index (χ2n) is 18.5. The Kier molecular flexibility index (Phi) is 17.8. The highest BCUT2D eigenvalue weighted by Gasteiger charge is 2.27. The van der Waals surface area contributed by atoms with Gasteiger partial charge in [0.15, 0.2) is 23.3 Å². The molecule has 0 fully saturated rings. The average Bonchev–Trinajstić information content (AvgIpc) is 4.15. The zero-order chi connectivity index (χ0) is 51.9. The summed E-state index contributed by atoms with van der Waals surface area (Å²) >= 11 is 5.14. The van der Waals surface area contributed by atoms with Gasteiger partial charge in [-0.05, 0) is 72.7 Å². The molecule has 72 heavy (non-hydrogen) atoms. The van der Waals surface area contributed by atoms with Crippen LogP contribution in [-0.4, -0.2) is 80.8 Å². The summed E-state index contributed by atoms with van der Waals surface area (Å²) in [6, 6.07) is 10.2. The number of aromatic nitrogens is 14. The summed E-state index contributed by atoms with van der Waals surface area (Å²) in [6.07, 6.45) is 6.34. The molecule has 0 saturated carbocycles. The van der Waals surface area contributed by atoms with Crippen LogP contribution in [0.25, 0.3) is 22.8 Å². The van der Waals surface area contributed by atoms with Crippen molar-refractivity contribution in [2.75, 3.05) is 10.6 Å². The molecular formula is C47H55Cl2F2N17O4. The molecular weight excluding hydrogens is 976 g/mol. The number of benzene rings is 2. The molecule has 6 aromatic heterocycles. The van der Waals surface area contributed by atoms with Crippen molar-refractivity contribution < 1.29 is 27.4 Å². The van der Waals surface area contributed by atoms with E-state index in [0.717, 1.165) is 5.56 Å². The van der Waals surface area contributed by atoms with Crippen molar-refractivity contribution >= 4 is 58.6 Å². The van der Waals surface area contributed by atoms with Crippen molar-refractivity contribution in [1.82, 2.24) is 69.7 Å². The lowest BCUT2D eigenvalue weighted by molar-refractivity contribution is 0.0962. The number of ketones is 1. The number of nitrogens with one attached hydrogen (secondary N) is 2. The van der Waals surface area contributed by atoms with Crippen molar-refractivity contribution in [3.8, 4) is 22.8 Å². The van der Waals surface area contributed by atoms with E-state index in [0.29, 0.717) is 51.6 Å². The number of nitrogens with two attached hydrogens (primary N) is 1. The van der Waals surface area contributed by atoms with Crippen molar-refractivity contribution in [2.24, 2.45) is 19.8 Å². The van der Waals surface area contributed by atoms with Crippen LogP contribution in [0.2, 0.25) is 0 Å². The number of anilines is 4. The molecule has 2 atom stereocenters. The number of nitrogens with zero attached hydrogens (tertiary/aromatic N) is 14. The molecule has 6 heterocycles. The van der Waals surface area contributed by atoms with E-state index in [2.05, 4.69) is 71.0 Å². The van der Waals surface area contributed by atoms with E-state index in [1.54, 1.807) is 79.1 Å². The monoisotopic (exact) mass is 1030 g/mol. The maximum Gasteiger partial charge on any atom is 0.293 e. The van der Waals surface area contributed by atoms with Crippen LogP contribution in [0.1, 0.15) is 129 Å². The fraction of sp³-hybridized carbons (Fsp3) is 0.362. The van der Waals surface area contributed by atoms with Crippen LogP contribution in [-0.2, 0) is 24.9 Å². The summed E-state index contributed by atoms with van der Waals surface area (Å²) in [7, 11) is 3.60. The molecule has 4 N–H and O–H groups in total. The Morgan fingerprint density at radius 2 is 1.11 bits per heavy atom. The summed E-state index contributed by atoms with van der Waals surface area (Å²) in [4.78, 5) is 56.3. The first kappa shape index (κ1) is 55.4. The Bertz CT molecular complexity index is 3160. The second-order valence-corrected chi connectivity index (χ2v) is 18.8. The highest BCUT2D eigenvalue weighted by molar-refractivity contribution is 6.67. The van der Waals surface area contributed by atoms with Gasteiger partial charge in [0.05, 0.1) is 11.1 Å². The van der Waals surface area contributed by atoms with Gasteiger partial charge in [-0.3, -0.25) is 19.0 Å². The summed E-state index contributed by atoms with van der Waals surface area (Å²) in [6.45, 7) is 18.6. The van der Waals surface area contributed by atoms with E-state index in [-0.39, 0.29) is 88.0 Å². The highest BCUT2D eigenvalue weighted by atomic mass is 35.5. The van der Waals surface area contributed by atoms with Crippen LogP contribution >= 0.6 is 24.0 Å². The minimum absolute atomic E-state index is 0. The number of halogens is 4. The Balaban J connectivity index is 0.000000224. The molecule has 0 aliphatic heterocycles. The molecule has 0 aliphatic rings. The van der Waals surface area contributed by atoms with Crippen LogP contribution in [0, 0.1) is 25.5 Å². The van der Waals surface area contributed by atoms with Crippen molar-refractivity contribution in [3.05, 3.63) is 119 Å². The van der Waals surface area contributed by atoms with Crippen LogP contribution in [0.15, 0.2) is 70.5 Å². The number of rotatable bonds is 12. The number of carbonyl (C=O) groups excluding carboxylic acids is 2. The van der Waals surface area contributed by atoms with Gasteiger partial charge in [-0.1, -0.05) is 70.9 Å². The maximum absolute atomic E-state index is 15.4. The second kappa shape index (κ2) is 23.2. The molecule has 380 valence electrons. The van der Waals surface area contributed by atoms with E-state index in [1.807, 2.05) is 62.4 Å². The number of aryl methyl sites for hydroxylation is 2. The van der Waals surface area contributed by atoms with Gasteiger partial charge in [0.1, 0.15) is 24.3 Å². The first-order chi connectivity index (χ1) is 33.4. The molecule has 0 amide bonds. The predicted octanol–water partition coefficient (Wildman–Crippen LogP) is 9.17. The predicted molar refractivity (Wildman–Crippen MR) is 266 cm³/mol. The molecule has 25 heteroatoms. The van der Waals surface area contributed by atoms with E-state index in [4.69, 9.17) is 26.4 Å². The van der Waals surface area contributed by atoms with Gasteiger partial charge >= 0.3 is 0 Å². The summed E-state index contributed by atoms with van der Waals surface area (Å²) < 4.78 is 43.4. The molecule has 8 rings (SSSR count). The molecule has 0 spiro atoms. The van der Waals surface area contributed by atoms with E-state index < -0.39 is 11.1 Å². The normalized spacial score (nSPS) is 12.1. The number of hydrogen-bond donors (Lipinski definition) is 3. The maximum atomic E-state index is 15.4. The first-order valence-electron chi connectivity index (χ1n) is 22.1. The molecule has 0 unspecified atom stereocenters. The summed E-state index contributed by atoms with van der Waals surface area (Å²) in [5, 5.41) is 20.9. The van der Waals surface area contributed by atoms with Gasteiger partial charge in [-0.25, -0.2) is 28.7 Å². The van der Waals surface area contributed by atoms with E-state index in [9.17, 15) is 14.0 Å². The van der Waals surface area contributed by atoms with Crippen LogP contribution < -0.4 is 16.4 Å². The number of carbonyl (C=O) groups is 2. The van der Waals surface area contributed by atoms with Gasteiger partial charge in [0.2, 0.25) is 35.3 Å². The summed E-state index contributed by atoms with van der Waals surface area (Å²) in [5.74, 6) is 1.56. The van der Waals surface area contributed by atoms with Gasteiger partial charge in [-0.15, -0.1) is 12.4 Å². The van der Waals surface area contributed by atoms with Crippen molar-refractivity contribution in [1.29, 1.82) is 0 Å². The van der Waals surface area contributed by atoms with Gasteiger partial charge in [0.25, 0.3) is 11.1 Å². The van der Waals surface area contributed by atoms with E-state index >= 15 is 4.39 Å². The largest absolute Gasteiger partial charge is 0.338 e. The molecule has 2 aromatic carbocycles. The molecule has 0 saturated heterocycles. The number of Topliss-reactive ketones (excluding diaryl/α,β-unsaturated/α-hetero) is 1. The lowest BCUT2D eigenvalue weighted by Gasteiger charge is -2.16. The fourth-order valence-corrected chi connectivity index (χ4v) is 6.74. The van der Waals surface area contributed by atoms with Crippen molar-refractivity contribution in [3.63, 3.8) is 0 Å². The number of hydrogen-bond acceptors (Lipinski definition) is 19. The van der Waals surface area contributed by atoms with Gasteiger partial charge in [-0.2, -0.15) is 30.1 Å². The molecule has 8 aromatic rings. The van der Waals surface area contributed by atoms with Crippen LogP contribution in [0.3, 0.4) is 0 Å². The topological polar surface area (TPSA) is 275 Å². The Hall–Kier alpha value is -7.50. The molecule has 0 aliphatic carbocycles. The smallest absolute Gasteiger partial charge is 0.293 e. The van der Waals surface area contributed by atoms with Crippen molar-refractivity contribution in [2.45, 2.75) is 98.4 Å². The molecule has 0 bridgehead atoms. The zero-order valence-electron chi connectivity index (χ0n) is 41.6. The minimum Gasteiger partial charge on any atom is -0.338 e. The third-order valence-electron chi connectivity index (χ3n) is 10.5. The van der Waals surface area contributed by atoms with Crippen LogP contribution in [0.4, 0.5) is 32.3 Å². The third-order valence-corrected chi connectivity index (χ3v) is 10.6. The lowest BCUT2D eigenvalue weighted by Crippen LogP contribution is -2.13. The molecule has 0 radical (unpaired) electrons. The zero-order valence-corrected chi connectivity index (χ0v) is 43.2. The van der Waals surface area contributed by atoms with Gasteiger partial charge < -0.3 is 25.4 Å². The minimum atomic E-state index is -0.700.